The van der Waals surface area contributed by atoms with Crippen molar-refractivity contribution in [3.8, 4) is 0 Å². The molecule has 1 amide bonds. The van der Waals surface area contributed by atoms with E-state index in [1.807, 2.05) is 31.1 Å². The van der Waals surface area contributed by atoms with Crippen molar-refractivity contribution in [2.75, 3.05) is 37.0 Å². The van der Waals surface area contributed by atoms with Crippen LogP contribution in [-0.2, 0) is 7.05 Å². The van der Waals surface area contributed by atoms with Gasteiger partial charge in [0.25, 0.3) is 5.91 Å². The number of benzene rings is 2. The van der Waals surface area contributed by atoms with Crippen LogP contribution in [0.5, 0.6) is 0 Å². The van der Waals surface area contributed by atoms with Crippen molar-refractivity contribution >= 4 is 28.9 Å². The number of aryl methyl sites for hydroxylation is 1. The number of carbonyl (C=O) groups is 1. The first-order valence-corrected chi connectivity index (χ1v) is 13.9. The zero-order valence-electron chi connectivity index (χ0n) is 22.2. The average Bonchev–Trinajstić information content (AvgIpc) is 3.27. The second-order valence-corrected chi connectivity index (χ2v) is 11.1. The maximum Gasteiger partial charge on any atom is 0.263 e. The van der Waals surface area contributed by atoms with Gasteiger partial charge in [-0.3, -0.25) is 14.4 Å². The Morgan fingerprint density at radius 1 is 0.946 bits per heavy atom. The number of hydrogen-bond donors (Lipinski definition) is 0. The van der Waals surface area contributed by atoms with Gasteiger partial charge in [-0.2, -0.15) is 5.10 Å². The number of halogens is 1. The van der Waals surface area contributed by atoms with Crippen LogP contribution >= 0.6 is 11.6 Å². The van der Waals surface area contributed by atoms with Crippen molar-refractivity contribution in [1.29, 1.82) is 0 Å². The quantitative estimate of drug-likeness (QED) is 0.402. The summed E-state index contributed by atoms with van der Waals surface area (Å²) in [6.07, 6.45) is 8.59. The molecule has 2 heterocycles. The maximum atomic E-state index is 13.9. The van der Waals surface area contributed by atoms with Gasteiger partial charge in [-0.05, 0) is 55.4 Å². The number of nitrogens with zero attached hydrogens (tertiary/aromatic N) is 5. The van der Waals surface area contributed by atoms with E-state index in [-0.39, 0.29) is 11.9 Å². The smallest absolute Gasteiger partial charge is 0.263 e. The van der Waals surface area contributed by atoms with Gasteiger partial charge in [0.15, 0.2) is 0 Å². The van der Waals surface area contributed by atoms with Gasteiger partial charge in [0.1, 0.15) is 5.15 Å². The molecule has 5 rings (SSSR count). The van der Waals surface area contributed by atoms with E-state index in [9.17, 15) is 4.79 Å². The van der Waals surface area contributed by atoms with Crippen LogP contribution in [0.1, 0.15) is 60.4 Å². The Balaban J connectivity index is 1.38. The van der Waals surface area contributed by atoms with Gasteiger partial charge in [-0.25, -0.2) is 0 Å². The third-order valence-corrected chi connectivity index (χ3v) is 8.68. The molecule has 2 aliphatic rings. The highest BCUT2D eigenvalue weighted by molar-refractivity contribution is 6.33. The Kier molecular flexibility index (Phi) is 7.87. The fourth-order valence-corrected chi connectivity index (χ4v) is 6.40. The number of aromatic nitrogens is 2. The SMILES string of the molecule is CN(C)c1cccc(N(C(=O)c2cnn(C)c2Cl)C2CCN([C@@H]3CCCC[C@@H]3c3ccccc3)CC2)c1. The summed E-state index contributed by atoms with van der Waals surface area (Å²) in [5.41, 5.74) is 3.91. The van der Waals surface area contributed by atoms with Crippen LogP contribution in [0, 0.1) is 0 Å². The number of amides is 1. The maximum absolute atomic E-state index is 13.9. The lowest BCUT2D eigenvalue weighted by Gasteiger charge is -2.45. The molecule has 0 spiro atoms. The lowest BCUT2D eigenvalue weighted by Crippen LogP contribution is -2.51. The number of carbonyl (C=O) groups excluding carboxylic acids is 1. The van der Waals surface area contributed by atoms with Crippen LogP contribution in [0.2, 0.25) is 5.15 Å². The number of likely N-dealkylation sites (tertiary alicyclic amines) is 1. The monoisotopic (exact) mass is 519 g/mol. The summed E-state index contributed by atoms with van der Waals surface area (Å²) in [5, 5.41) is 4.61. The molecule has 196 valence electrons. The summed E-state index contributed by atoms with van der Waals surface area (Å²) in [6, 6.07) is 20.0. The van der Waals surface area contributed by atoms with Gasteiger partial charge in [-0.15, -0.1) is 0 Å². The van der Waals surface area contributed by atoms with Crippen molar-refractivity contribution in [1.82, 2.24) is 14.7 Å². The Morgan fingerprint density at radius 2 is 1.65 bits per heavy atom. The van der Waals surface area contributed by atoms with Crippen molar-refractivity contribution in [2.45, 2.75) is 56.5 Å². The average molecular weight is 520 g/mol. The van der Waals surface area contributed by atoms with E-state index in [0.717, 1.165) is 37.3 Å². The van der Waals surface area contributed by atoms with Crippen LogP contribution in [0.25, 0.3) is 0 Å². The summed E-state index contributed by atoms with van der Waals surface area (Å²) in [7, 11) is 5.81. The van der Waals surface area contributed by atoms with Crippen molar-refractivity contribution < 1.29 is 4.79 Å². The fraction of sp³-hybridized carbons (Fsp3) is 0.467. The summed E-state index contributed by atoms with van der Waals surface area (Å²) in [6.45, 7) is 1.99. The number of piperidine rings is 1. The molecule has 6 nitrogen and oxygen atoms in total. The first-order valence-electron chi connectivity index (χ1n) is 13.5. The van der Waals surface area contributed by atoms with Crippen LogP contribution < -0.4 is 9.80 Å². The van der Waals surface area contributed by atoms with Gasteiger partial charge in [0.2, 0.25) is 0 Å². The molecule has 1 aliphatic heterocycles. The first-order chi connectivity index (χ1) is 17.9. The number of anilines is 2. The molecule has 2 fully saturated rings. The lowest BCUT2D eigenvalue weighted by atomic mass is 9.78. The Morgan fingerprint density at radius 3 is 2.32 bits per heavy atom. The van der Waals surface area contributed by atoms with E-state index >= 15 is 0 Å². The normalized spacial score (nSPS) is 21.1. The second-order valence-electron chi connectivity index (χ2n) is 10.7. The minimum Gasteiger partial charge on any atom is -0.378 e. The molecule has 2 aromatic carbocycles. The van der Waals surface area contributed by atoms with Crippen molar-refractivity contribution in [2.24, 2.45) is 7.05 Å². The first kappa shape index (κ1) is 25.8. The van der Waals surface area contributed by atoms with E-state index in [4.69, 9.17) is 11.6 Å². The third kappa shape index (κ3) is 5.41. The standard InChI is InChI=1S/C30H38ClN5O/c1-33(2)24-12-9-13-25(20-24)36(30(37)27-21-32-34(3)29(27)31)23-16-18-35(19-17-23)28-15-8-7-14-26(28)22-10-5-4-6-11-22/h4-6,9-13,20-21,23,26,28H,7-8,14-19H2,1-3H3/t26-,28-/m1/s1. The number of rotatable bonds is 6. The molecule has 37 heavy (non-hydrogen) atoms. The van der Waals surface area contributed by atoms with Crippen LogP contribution in [-0.4, -0.2) is 59.9 Å². The van der Waals surface area contributed by atoms with E-state index in [1.165, 1.54) is 31.2 Å². The summed E-state index contributed by atoms with van der Waals surface area (Å²) < 4.78 is 1.55. The fourth-order valence-electron chi connectivity index (χ4n) is 6.22. The van der Waals surface area contributed by atoms with E-state index in [2.05, 4.69) is 57.4 Å². The van der Waals surface area contributed by atoms with Gasteiger partial charge in [0.05, 0.1) is 11.8 Å². The van der Waals surface area contributed by atoms with Crippen LogP contribution in [0.15, 0.2) is 60.8 Å². The Bertz CT molecular complexity index is 1200. The van der Waals surface area contributed by atoms with Gasteiger partial charge >= 0.3 is 0 Å². The summed E-state index contributed by atoms with van der Waals surface area (Å²) in [5.74, 6) is 0.516. The zero-order chi connectivity index (χ0) is 25.9. The molecule has 0 bridgehead atoms. The third-order valence-electron chi connectivity index (χ3n) is 8.23. The molecular weight excluding hydrogens is 482 g/mol. The predicted molar refractivity (Wildman–Crippen MR) is 152 cm³/mol. The van der Waals surface area contributed by atoms with E-state index in [0.29, 0.717) is 22.7 Å². The minimum atomic E-state index is -0.0766. The molecule has 1 saturated carbocycles. The molecule has 3 aromatic rings. The highest BCUT2D eigenvalue weighted by atomic mass is 35.5. The molecule has 2 atom stereocenters. The largest absolute Gasteiger partial charge is 0.378 e. The molecule has 1 aliphatic carbocycles. The van der Waals surface area contributed by atoms with E-state index < -0.39 is 0 Å². The molecule has 0 N–H and O–H groups in total. The summed E-state index contributed by atoms with van der Waals surface area (Å²) >= 11 is 6.49. The lowest BCUT2D eigenvalue weighted by molar-refractivity contribution is 0.0895. The molecule has 1 aromatic heterocycles. The predicted octanol–water partition coefficient (Wildman–Crippen LogP) is 5.98. The van der Waals surface area contributed by atoms with Gasteiger partial charge in [-0.1, -0.05) is 60.8 Å². The van der Waals surface area contributed by atoms with Crippen LogP contribution in [0.3, 0.4) is 0 Å². The molecule has 0 unspecified atom stereocenters. The van der Waals surface area contributed by atoms with Gasteiger partial charge < -0.3 is 9.80 Å². The molecule has 0 radical (unpaired) electrons. The Labute approximate surface area is 225 Å². The molecular formula is C30H38ClN5O. The number of hydrogen-bond acceptors (Lipinski definition) is 4. The second kappa shape index (κ2) is 11.3. The topological polar surface area (TPSA) is 44.6 Å². The highest BCUT2D eigenvalue weighted by Gasteiger charge is 2.36. The van der Waals surface area contributed by atoms with Crippen LogP contribution in [0.4, 0.5) is 11.4 Å². The van der Waals surface area contributed by atoms with Gasteiger partial charge in [0, 0.05) is 57.7 Å². The summed E-state index contributed by atoms with van der Waals surface area (Å²) in [4.78, 5) is 20.7. The van der Waals surface area contributed by atoms with Crippen molar-refractivity contribution in [3.63, 3.8) is 0 Å². The Hall–Kier alpha value is -2.83. The van der Waals surface area contributed by atoms with E-state index in [1.54, 1.807) is 17.9 Å². The zero-order valence-corrected chi connectivity index (χ0v) is 22.9. The minimum absolute atomic E-state index is 0.0766. The molecule has 7 heteroatoms. The van der Waals surface area contributed by atoms with Crippen molar-refractivity contribution in [3.05, 3.63) is 77.1 Å². The highest BCUT2D eigenvalue weighted by Crippen LogP contribution is 2.38. The molecule has 1 saturated heterocycles.